The fraction of sp³-hybridized carbons (Fsp3) is 0.567. The molecule has 1 aliphatic heterocycles. The topological polar surface area (TPSA) is 161 Å². The fourth-order valence-electron chi connectivity index (χ4n) is 4.97. The number of carbonyl (C=O) groups excluding carboxylic acids is 3. The van der Waals surface area contributed by atoms with E-state index in [0.29, 0.717) is 19.4 Å². The first-order valence-corrected chi connectivity index (χ1v) is 15.3. The molecule has 1 fully saturated rings. The van der Waals surface area contributed by atoms with Crippen molar-refractivity contribution in [3.63, 3.8) is 0 Å². The van der Waals surface area contributed by atoms with Crippen molar-refractivity contribution in [2.24, 2.45) is 5.41 Å². The summed E-state index contributed by atoms with van der Waals surface area (Å²) in [5, 5.41) is 27.1. The number of nitrogens with one attached hydrogen (secondary N) is 3. The lowest BCUT2D eigenvalue weighted by Gasteiger charge is -2.35. The molecule has 4 amide bonds. The van der Waals surface area contributed by atoms with E-state index >= 15 is 0 Å². The summed E-state index contributed by atoms with van der Waals surface area (Å²) in [6.07, 6.45) is 1.33. The zero-order chi connectivity index (χ0) is 30.9. The summed E-state index contributed by atoms with van der Waals surface area (Å²) in [7, 11) is 0. The molecular formula is C30H43N5O6S. The Bertz CT molecular complexity index is 1230. The molecule has 0 spiro atoms. The highest BCUT2D eigenvalue weighted by Gasteiger charge is 2.44. The molecule has 3 rings (SSSR count). The summed E-state index contributed by atoms with van der Waals surface area (Å²) < 4.78 is 0. The number of carbonyl (C=O) groups is 4. The van der Waals surface area contributed by atoms with Crippen molar-refractivity contribution >= 4 is 35.2 Å². The van der Waals surface area contributed by atoms with E-state index in [1.807, 2.05) is 57.5 Å². The summed E-state index contributed by atoms with van der Waals surface area (Å²) in [5.41, 5.74) is 4.12. The number of aliphatic hydroxyl groups excluding tert-OH is 1. The van der Waals surface area contributed by atoms with Gasteiger partial charge in [-0.25, -0.2) is 9.78 Å². The zero-order valence-corrected chi connectivity index (χ0v) is 25.6. The second-order valence-electron chi connectivity index (χ2n) is 11.8. The number of amides is 4. The molecule has 1 aromatic carbocycles. The highest BCUT2D eigenvalue weighted by Crippen LogP contribution is 2.28. The molecule has 1 aromatic heterocycles. The van der Waals surface area contributed by atoms with Gasteiger partial charge in [0.2, 0.25) is 17.7 Å². The minimum atomic E-state index is -1.05. The monoisotopic (exact) mass is 601 g/mol. The van der Waals surface area contributed by atoms with Crippen molar-refractivity contribution in [3.8, 4) is 10.4 Å². The van der Waals surface area contributed by atoms with Gasteiger partial charge in [-0.1, -0.05) is 57.9 Å². The Labute approximate surface area is 251 Å². The van der Waals surface area contributed by atoms with Gasteiger partial charge in [-0.2, -0.15) is 0 Å². The van der Waals surface area contributed by atoms with Crippen molar-refractivity contribution in [2.75, 3.05) is 13.1 Å². The standard InChI is InChI=1S/C30H43N5O6S/c1-19-25(42-18-33-19)21-12-10-20(11-13-21)16-32-27(38)23-15-22(36)17-35(23)28(39)26(30(2,3)4)34-24(37)9-7-5-6-8-14-31-29(40)41/h10-13,18,22-23,26,31,36H,5-9,14-17H2,1-4H3,(H,32,38)(H,34,37)(H,40,41)/t22-,23+,26?/m1/s1. The molecule has 42 heavy (non-hydrogen) atoms. The Morgan fingerprint density at radius 3 is 2.38 bits per heavy atom. The van der Waals surface area contributed by atoms with Crippen LogP contribution >= 0.6 is 11.3 Å². The third-order valence-electron chi connectivity index (χ3n) is 7.32. The molecule has 1 unspecified atom stereocenters. The molecule has 0 radical (unpaired) electrons. The number of benzene rings is 1. The smallest absolute Gasteiger partial charge is 0.404 e. The van der Waals surface area contributed by atoms with Gasteiger partial charge >= 0.3 is 6.09 Å². The molecule has 12 heteroatoms. The molecule has 0 bridgehead atoms. The lowest BCUT2D eigenvalue weighted by atomic mass is 9.85. The number of hydrogen-bond donors (Lipinski definition) is 5. The van der Waals surface area contributed by atoms with Crippen molar-refractivity contribution in [3.05, 3.63) is 41.0 Å². The third-order valence-corrected chi connectivity index (χ3v) is 8.30. The highest BCUT2D eigenvalue weighted by molar-refractivity contribution is 7.13. The van der Waals surface area contributed by atoms with Gasteiger partial charge in [0.15, 0.2) is 0 Å². The summed E-state index contributed by atoms with van der Waals surface area (Å²) in [6.45, 7) is 8.19. The first-order valence-electron chi connectivity index (χ1n) is 14.4. The maximum absolute atomic E-state index is 13.7. The van der Waals surface area contributed by atoms with E-state index in [1.165, 1.54) is 4.90 Å². The molecule has 2 aromatic rings. The van der Waals surface area contributed by atoms with E-state index in [-0.39, 0.29) is 37.7 Å². The number of carboxylic acid groups (broad SMARTS) is 1. The predicted molar refractivity (Wildman–Crippen MR) is 161 cm³/mol. The Kier molecular flexibility index (Phi) is 11.9. The highest BCUT2D eigenvalue weighted by atomic mass is 32.1. The van der Waals surface area contributed by atoms with Gasteiger partial charge in [0.05, 0.1) is 22.2 Å². The zero-order valence-electron chi connectivity index (χ0n) is 24.8. The molecule has 1 saturated heterocycles. The second kappa shape index (κ2) is 15.1. The number of aliphatic hydroxyl groups is 1. The maximum Gasteiger partial charge on any atom is 0.404 e. The van der Waals surface area contributed by atoms with Gasteiger partial charge in [0.1, 0.15) is 12.1 Å². The van der Waals surface area contributed by atoms with Crippen LogP contribution in [-0.4, -0.2) is 75.2 Å². The van der Waals surface area contributed by atoms with E-state index in [2.05, 4.69) is 20.9 Å². The molecule has 3 atom stereocenters. The van der Waals surface area contributed by atoms with Crippen molar-refractivity contribution in [2.45, 2.75) is 91.0 Å². The lowest BCUT2D eigenvalue weighted by molar-refractivity contribution is -0.144. The number of β-amino-alcohol motifs (C(OH)–C–C–N with tert-alkyl or cyclic N) is 1. The van der Waals surface area contributed by atoms with E-state index < -0.39 is 35.6 Å². The third kappa shape index (κ3) is 9.52. The SMILES string of the molecule is Cc1ncsc1-c1ccc(CNC(=O)[C@@H]2C[C@@H](O)CN2C(=O)C(NC(=O)CCCCCCNC(=O)O)C(C)(C)C)cc1. The van der Waals surface area contributed by atoms with Gasteiger partial charge in [0.25, 0.3) is 0 Å². The molecule has 230 valence electrons. The van der Waals surface area contributed by atoms with Crippen LogP contribution in [0.15, 0.2) is 29.8 Å². The number of likely N-dealkylation sites (tertiary alicyclic amines) is 1. The van der Waals surface area contributed by atoms with Crippen LogP contribution in [0.1, 0.15) is 70.6 Å². The van der Waals surface area contributed by atoms with E-state index in [4.69, 9.17) is 5.11 Å². The van der Waals surface area contributed by atoms with Crippen LogP contribution in [0.3, 0.4) is 0 Å². The normalized spacial score (nSPS) is 17.5. The summed E-state index contributed by atoms with van der Waals surface area (Å²) >= 11 is 1.58. The minimum Gasteiger partial charge on any atom is -0.465 e. The van der Waals surface area contributed by atoms with Crippen LogP contribution in [0.25, 0.3) is 10.4 Å². The quantitative estimate of drug-likeness (QED) is 0.220. The summed E-state index contributed by atoms with van der Waals surface area (Å²) in [4.78, 5) is 56.9. The van der Waals surface area contributed by atoms with E-state index in [9.17, 15) is 24.3 Å². The molecule has 0 saturated carbocycles. The molecule has 0 aliphatic carbocycles. The van der Waals surface area contributed by atoms with Gasteiger partial charge < -0.3 is 31.1 Å². The minimum absolute atomic E-state index is 0.0205. The Morgan fingerprint density at radius 2 is 1.76 bits per heavy atom. The Hall–Kier alpha value is -3.51. The van der Waals surface area contributed by atoms with Crippen molar-refractivity contribution in [1.82, 2.24) is 25.8 Å². The second-order valence-corrected chi connectivity index (χ2v) is 12.7. The van der Waals surface area contributed by atoms with Crippen LogP contribution in [0.5, 0.6) is 0 Å². The first kappa shape index (κ1) is 33.0. The predicted octanol–water partition coefficient (Wildman–Crippen LogP) is 3.45. The summed E-state index contributed by atoms with van der Waals surface area (Å²) in [5.74, 6) is -1.00. The summed E-state index contributed by atoms with van der Waals surface area (Å²) in [6, 6.07) is 6.16. The van der Waals surface area contributed by atoms with Crippen LogP contribution in [0.2, 0.25) is 0 Å². The van der Waals surface area contributed by atoms with Crippen LogP contribution in [0, 0.1) is 12.3 Å². The molecule has 1 aliphatic rings. The van der Waals surface area contributed by atoms with Crippen molar-refractivity contribution in [1.29, 1.82) is 0 Å². The van der Waals surface area contributed by atoms with Gasteiger partial charge in [0, 0.05) is 32.5 Å². The largest absolute Gasteiger partial charge is 0.465 e. The fourth-order valence-corrected chi connectivity index (χ4v) is 5.78. The molecular weight excluding hydrogens is 558 g/mol. The molecule has 5 N–H and O–H groups in total. The number of unbranched alkanes of at least 4 members (excludes halogenated alkanes) is 3. The number of rotatable bonds is 13. The average Bonchev–Trinajstić information content (AvgIpc) is 3.54. The van der Waals surface area contributed by atoms with Gasteiger partial charge in [-0.3, -0.25) is 14.4 Å². The first-order chi connectivity index (χ1) is 19.9. The van der Waals surface area contributed by atoms with E-state index in [0.717, 1.165) is 34.5 Å². The maximum atomic E-state index is 13.7. The Balaban J connectivity index is 1.55. The number of thiazole rings is 1. The van der Waals surface area contributed by atoms with E-state index in [1.54, 1.807) is 11.3 Å². The number of aryl methyl sites for hydroxylation is 1. The number of aromatic nitrogens is 1. The van der Waals surface area contributed by atoms with Crippen molar-refractivity contribution < 1.29 is 29.4 Å². The van der Waals surface area contributed by atoms with Crippen LogP contribution < -0.4 is 16.0 Å². The number of nitrogens with zero attached hydrogens (tertiary/aromatic N) is 2. The average molecular weight is 602 g/mol. The number of hydrogen-bond acceptors (Lipinski definition) is 7. The van der Waals surface area contributed by atoms with Crippen LogP contribution in [0.4, 0.5) is 4.79 Å². The Morgan fingerprint density at radius 1 is 1.07 bits per heavy atom. The van der Waals surface area contributed by atoms with Crippen LogP contribution in [-0.2, 0) is 20.9 Å². The molecule has 2 heterocycles. The molecule has 11 nitrogen and oxygen atoms in total. The van der Waals surface area contributed by atoms with Gasteiger partial charge in [-0.05, 0) is 36.3 Å². The lowest BCUT2D eigenvalue weighted by Crippen LogP contribution is -2.57. The van der Waals surface area contributed by atoms with Gasteiger partial charge in [-0.15, -0.1) is 11.3 Å².